The number of hydrogen-bond acceptors (Lipinski definition) is 5. The van der Waals surface area contributed by atoms with E-state index >= 15 is 0 Å². The van der Waals surface area contributed by atoms with Gasteiger partial charge in [0.2, 0.25) is 15.9 Å². The zero-order valence-corrected chi connectivity index (χ0v) is 13.3. The van der Waals surface area contributed by atoms with Crippen LogP contribution in [0.5, 0.6) is 0 Å². The third-order valence-corrected chi connectivity index (χ3v) is 4.71. The SMILES string of the molecule is Cc1cnc(CNS(=O)(=O)c2ccc(C(N)=S)cc2Cl)o1. The van der Waals surface area contributed by atoms with E-state index in [1.165, 1.54) is 24.4 Å². The maximum atomic E-state index is 12.2. The van der Waals surface area contributed by atoms with Gasteiger partial charge in [-0.15, -0.1) is 0 Å². The van der Waals surface area contributed by atoms with Gasteiger partial charge in [-0.1, -0.05) is 29.9 Å². The Morgan fingerprint density at radius 1 is 1.52 bits per heavy atom. The van der Waals surface area contributed by atoms with Crippen molar-refractivity contribution in [1.82, 2.24) is 9.71 Å². The lowest BCUT2D eigenvalue weighted by Crippen LogP contribution is -2.24. The summed E-state index contributed by atoms with van der Waals surface area (Å²) < 4.78 is 31.9. The normalized spacial score (nSPS) is 11.5. The van der Waals surface area contributed by atoms with E-state index in [9.17, 15) is 8.42 Å². The number of rotatable bonds is 5. The van der Waals surface area contributed by atoms with E-state index in [-0.39, 0.29) is 27.3 Å². The van der Waals surface area contributed by atoms with Crippen LogP contribution < -0.4 is 10.5 Å². The zero-order valence-electron chi connectivity index (χ0n) is 11.0. The average molecular weight is 346 g/mol. The van der Waals surface area contributed by atoms with Crippen LogP contribution in [0.2, 0.25) is 5.02 Å². The lowest BCUT2D eigenvalue weighted by atomic mass is 10.2. The standard InChI is InChI=1S/C12H12ClN3O3S2/c1-7-5-15-11(19-7)6-16-21(17,18)10-3-2-8(12(14)20)4-9(10)13/h2-5,16H,6H2,1H3,(H2,14,20). The number of nitrogens with two attached hydrogens (primary N) is 1. The van der Waals surface area contributed by atoms with Crippen LogP contribution in [0, 0.1) is 6.92 Å². The number of benzene rings is 1. The van der Waals surface area contributed by atoms with Crippen molar-refractivity contribution in [2.75, 3.05) is 0 Å². The number of halogens is 1. The predicted molar refractivity (Wildman–Crippen MR) is 82.6 cm³/mol. The minimum atomic E-state index is -3.79. The van der Waals surface area contributed by atoms with Crippen molar-refractivity contribution in [1.29, 1.82) is 0 Å². The van der Waals surface area contributed by atoms with Crippen LogP contribution in [0.3, 0.4) is 0 Å². The molecule has 112 valence electrons. The van der Waals surface area contributed by atoms with Gasteiger partial charge in [-0.2, -0.15) is 0 Å². The van der Waals surface area contributed by atoms with Crippen molar-refractivity contribution in [2.45, 2.75) is 18.4 Å². The molecule has 0 spiro atoms. The molecule has 0 aliphatic heterocycles. The largest absolute Gasteiger partial charge is 0.445 e. The molecule has 0 fully saturated rings. The van der Waals surface area contributed by atoms with Crippen LogP contribution in [0.25, 0.3) is 0 Å². The predicted octanol–water partition coefficient (Wildman–Crippen LogP) is 1.75. The third-order valence-electron chi connectivity index (χ3n) is 2.59. The first kappa shape index (κ1) is 15.9. The number of sulfonamides is 1. The van der Waals surface area contributed by atoms with Gasteiger partial charge in [-0.05, 0) is 19.1 Å². The molecule has 1 aromatic heterocycles. The summed E-state index contributed by atoms with van der Waals surface area (Å²) in [5.41, 5.74) is 5.96. The third kappa shape index (κ3) is 3.79. The van der Waals surface area contributed by atoms with E-state index in [2.05, 4.69) is 9.71 Å². The van der Waals surface area contributed by atoms with Gasteiger partial charge in [0, 0.05) is 5.56 Å². The maximum absolute atomic E-state index is 12.2. The maximum Gasteiger partial charge on any atom is 0.242 e. The van der Waals surface area contributed by atoms with Gasteiger partial charge in [0.15, 0.2) is 0 Å². The van der Waals surface area contributed by atoms with Crippen LogP contribution in [0.15, 0.2) is 33.7 Å². The lowest BCUT2D eigenvalue weighted by Gasteiger charge is -2.08. The zero-order chi connectivity index (χ0) is 15.6. The molecule has 0 aliphatic rings. The van der Waals surface area contributed by atoms with Crippen LogP contribution in [-0.2, 0) is 16.6 Å². The molecule has 0 amide bonds. The van der Waals surface area contributed by atoms with E-state index in [4.69, 9.17) is 34.0 Å². The monoisotopic (exact) mass is 345 g/mol. The molecule has 0 radical (unpaired) electrons. The van der Waals surface area contributed by atoms with Crippen molar-refractivity contribution in [2.24, 2.45) is 5.73 Å². The Kier molecular flexibility index (Phi) is 4.62. The molecule has 0 aliphatic carbocycles. The van der Waals surface area contributed by atoms with Crippen molar-refractivity contribution >= 4 is 38.8 Å². The first-order valence-electron chi connectivity index (χ1n) is 5.80. The number of aromatic nitrogens is 1. The minimum Gasteiger partial charge on any atom is -0.445 e. The fourth-order valence-electron chi connectivity index (χ4n) is 1.59. The molecule has 0 saturated heterocycles. The first-order valence-corrected chi connectivity index (χ1v) is 8.07. The van der Waals surface area contributed by atoms with Crippen LogP contribution in [0.4, 0.5) is 0 Å². The average Bonchev–Trinajstić information content (AvgIpc) is 2.82. The number of oxazole rings is 1. The molecule has 0 atom stereocenters. The molecule has 0 bridgehead atoms. The fraction of sp³-hybridized carbons (Fsp3) is 0.167. The summed E-state index contributed by atoms with van der Waals surface area (Å²) >= 11 is 10.8. The van der Waals surface area contributed by atoms with Gasteiger partial charge in [-0.3, -0.25) is 0 Å². The quantitative estimate of drug-likeness (QED) is 0.801. The highest BCUT2D eigenvalue weighted by molar-refractivity contribution is 7.89. The van der Waals surface area contributed by atoms with E-state index in [0.717, 1.165) is 0 Å². The Morgan fingerprint density at radius 2 is 2.24 bits per heavy atom. The molecular weight excluding hydrogens is 334 g/mol. The minimum absolute atomic E-state index is 0.0383. The van der Waals surface area contributed by atoms with Gasteiger partial charge < -0.3 is 10.2 Å². The number of thiocarbonyl (C=S) groups is 1. The number of aryl methyl sites for hydroxylation is 1. The summed E-state index contributed by atoms with van der Waals surface area (Å²) in [5, 5.41) is 0.0383. The molecule has 1 aromatic carbocycles. The van der Waals surface area contributed by atoms with Crippen molar-refractivity contribution in [3.05, 3.63) is 46.6 Å². The first-order chi connectivity index (χ1) is 9.79. The van der Waals surface area contributed by atoms with Gasteiger partial charge in [0.25, 0.3) is 0 Å². The van der Waals surface area contributed by atoms with Crippen LogP contribution in [0.1, 0.15) is 17.2 Å². The molecule has 21 heavy (non-hydrogen) atoms. The summed E-state index contributed by atoms with van der Waals surface area (Å²) in [4.78, 5) is 3.99. The fourth-order valence-corrected chi connectivity index (χ4v) is 3.23. The Labute approximate surface area is 132 Å². The Morgan fingerprint density at radius 3 is 2.76 bits per heavy atom. The van der Waals surface area contributed by atoms with Gasteiger partial charge in [-0.25, -0.2) is 18.1 Å². The number of nitrogens with one attached hydrogen (secondary N) is 1. The molecule has 2 aromatic rings. The second-order valence-corrected chi connectivity index (χ2v) is 6.78. The van der Waals surface area contributed by atoms with Gasteiger partial charge in [0.1, 0.15) is 15.6 Å². The van der Waals surface area contributed by atoms with Crippen LogP contribution in [-0.4, -0.2) is 18.4 Å². The van der Waals surface area contributed by atoms with Crippen molar-refractivity contribution in [3.8, 4) is 0 Å². The Balaban J connectivity index is 2.21. The molecular formula is C12H12ClN3O3S2. The van der Waals surface area contributed by atoms with Crippen LogP contribution >= 0.6 is 23.8 Å². The Hall–Kier alpha value is -1.48. The summed E-state index contributed by atoms with van der Waals surface area (Å²) in [6.07, 6.45) is 1.51. The molecule has 3 N–H and O–H groups in total. The molecule has 0 unspecified atom stereocenters. The van der Waals surface area contributed by atoms with E-state index in [0.29, 0.717) is 11.3 Å². The smallest absolute Gasteiger partial charge is 0.242 e. The van der Waals surface area contributed by atoms with E-state index in [1.54, 1.807) is 6.92 Å². The van der Waals surface area contributed by atoms with Crippen molar-refractivity contribution < 1.29 is 12.8 Å². The second kappa shape index (κ2) is 6.10. The van der Waals surface area contributed by atoms with E-state index < -0.39 is 10.0 Å². The second-order valence-electron chi connectivity index (χ2n) is 4.20. The Bertz CT molecular complexity index is 787. The summed E-state index contributed by atoms with van der Waals surface area (Å²) in [6, 6.07) is 4.26. The van der Waals surface area contributed by atoms with Crippen molar-refractivity contribution in [3.63, 3.8) is 0 Å². The van der Waals surface area contributed by atoms with Gasteiger partial charge in [0.05, 0.1) is 17.8 Å². The summed E-state index contributed by atoms with van der Waals surface area (Å²) in [7, 11) is -3.79. The van der Waals surface area contributed by atoms with Gasteiger partial charge >= 0.3 is 0 Å². The highest BCUT2D eigenvalue weighted by Crippen LogP contribution is 2.22. The highest BCUT2D eigenvalue weighted by atomic mass is 35.5. The van der Waals surface area contributed by atoms with E-state index in [1.807, 2.05) is 0 Å². The molecule has 9 heteroatoms. The molecule has 6 nitrogen and oxygen atoms in total. The summed E-state index contributed by atoms with van der Waals surface area (Å²) in [5.74, 6) is 0.870. The molecule has 0 saturated carbocycles. The highest BCUT2D eigenvalue weighted by Gasteiger charge is 2.19. The summed E-state index contributed by atoms with van der Waals surface area (Å²) in [6.45, 7) is 1.65. The topological polar surface area (TPSA) is 98.2 Å². The lowest BCUT2D eigenvalue weighted by molar-refractivity contribution is 0.463. The molecule has 1 heterocycles. The number of hydrogen-bond donors (Lipinski definition) is 2. The number of nitrogens with zero attached hydrogens (tertiary/aromatic N) is 1. The molecule has 2 rings (SSSR count).